The second-order valence-electron chi connectivity index (χ2n) is 23.5. The van der Waals surface area contributed by atoms with Gasteiger partial charge in [0.25, 0.3) is 0 Å². The first-order valence-corrected chi connectivity index (χ1v) is 31.7. The zero-order valence-corrected chi connectivity index (χ0v) is 51.8. The Kier molecular flexibility index (Phi) is 14.4. The van der Waals surface area contributed by atoms with Crippen molar-refractivity contribution < 1.29 is 13.2 Å². The van der Waals surface area contributed by atoms with Crippen LogP contribution in [0.1, 0.15) is 11.1 Å². The molecule has 0 unspecified atom stereocenters. The van der Waals surface area contributed by atoms with Gasteiger partial charge in [-0.3, -0.25) is 0 Å². The van der Waals surface area contributed by atoms with Crippen molar-refractivity contribution in [2.24, 2.45) is 0 Å². The number of fused-ring (bicyclic) bond motifs is 6. The van der Waals surface area contributed by atoms with Crippen LogP contribution in [0.3, 0.4) is 0 Å². The Hall–Kier alpha value is -13.5. The van der Waals surface area contributed by atoms with Crippen LogP contribution in [-0.2, 0) is 6.18 Å². The van der Waals surface area contributed by atoms with Crippen LogP contribution in [0.2, 0.25) is 0 Å². The van der Waals surface area contributed by atoms with Gasteiger partial charge in [-0.05, 0) is 78.4 Å². The molecule has 17 aromatic rings. The Morgan fingerprint density at radius 3 is 1.00 bits per heavy atom. The number of hydrogen-bond donors (Lipinski definition) is 0. The highest BCUT2D eigenvalue weighted by atomic mass is 19.4. The van der Waals surface area contributed by atoms with Crippen molar-refractivity contribution in [2.45, 2.75) is 6.18 Å². The average molecular weight is 1270 g/mol. The molecule has 0 atom stereocenters. The molecule has 0 amide bonds. The third kappa shape index (κ3) is 10.4. The SMILES string of the molecule is N#Cc1ccccc1-c1cccc(-n2c3ccccc3c3cc(-c4nc(-c5ccccc5)nc(-c5ccccc5)n4)ccc32)c1-c1nc(-c2ccccc2)nc(-c2c(-n3c4ccccc4c4cc(-c5nc(-c6ccccc6)nc(-c6ccccc6)n5)ccc43)cccc2C(F)(F)F)n1. The van der Waals surface area contributed by atoms with E-state index in [1.807, 2.05) is 259 Å². The second kappa shape index (κ2) is 24.1. The molecular formula is C83H49F3N12. The van der Waals surface area contributed by atoms with Crippen LogP contribution < -0.4 is 0 Å². The summed E-state index contributed by atoms with van der Waals surface area (Å²) >= 11 is 0. The predicted molar refractivity (Wildman–Crippen MR) is 379 cm³/mol. The van der Waals surface area contributed by atoms with Crippen molar-refractivity contribution in [3.05, 3.63) is 308 Å². The van der Waals surface area contributed by atoms with Crippen LogP contribution >= 0.6 is 0 Å². The van der Waals surface area contributed by atoms with E-state index in [9.17, 15) is 5.26 Å². The number of rotatable bonds is 12. The number of aromatic nitrogens is 11. The smallest absolute Gasteiger partial charge is 0.308 e. The van der Waals surface area contributed by atoms with Gasteiger partial charge < -0.3 is 9.13 Å². The standard InChI is InChI=1S/C83H49F3N12/c84-83(85,86)65-39-23-43-71(98-67-41-21-19-37-61(67)64-49-57(45-47-69(64)98)80-92-76(53-28-10-3-11-29-53)89-77(93-80)54-30-12-4-13-31-54)73(65)82-95-78(55-32-14-5-15-33-55)94-81(96-82)72-62(59-35-17-16-34-58(59)50-87)38-22-42-70(72)97-66-40-20-18-36-60(66)63-48-56(44-46-68(63)97)79-90-74(51-24-6-1-7-25-51)88-75(91-79)52-26-8-2-9-27-52/h1-49H. The number of halogens is 3. The Morgan fingerprint density at radius 2 is 0.582 bits per heavy atom. The highest BCUT2D eigenvalue weighted by Crippen LogP contribution is 2.47. The summed E-state index contributed by atoms with van der Waals surface area (Å²) in [6.45, 7) is 0. The van der Waals surface area contributed by atoms with E-state index in [1.165, 1.54) is 6.07 Å². The molecule has 0 aliphatic rings. The number of para-hydroxylation sites is 2. The maximum Gasteiger partial charge on any atom is 0.417 e. The first kappa shape index (κ1) is 58.4. The molecule has 0 aliphatic carbocycles. The van der Waals surface area contributed by atoms with E-state index in [-0.39, 0.29) is 28.7 Å². The summed E-state index contributed by atoms with van der Waals surface area (Å²) in [5.41, 5.74) is 9.44. The summed E-state index contributed by atoms with van der Waals surface area (Å²) in [6.07, 6.45) is -4.92. The van der Waals surface area contributed by atoms with Crippen molar-refractivity contribution >= 4 is 43.6 Å². The third-order valence-corrected chi connectivity index (χ3v) is 17.6. The molecule has 0 fully saturated rings. The van der Waals surface area contributed by atoms with Crippen LogP contribution in [0.4, 0.5) is 13.2 Å². The van der Waals surface area contributed by atoms with Gasteiger partial charge in [-0.1, -0.05) is 224 Å². The van der Waals surface area contributed by atoms with Crippen molar-refractivity contribution in [2.75, 3.05) is 0 Å². The van der Waals surface area contributed by atoms with Gasteiger partial charge in [-0.25, -0.2) is 44.9 Å². The molecule has 17 rings (SSSR count). The van der Waals surface area contributed by atoms with E-state index >= 15 is 13.2 Å². The largest absolute Gasteiger partial charge is 0.417 e. The molecular weight excluding hydrogens is 1220 g/mol. The van der Waals surface area contributed by atoms with Gasteiger partial charge in [0.1, 0.15) is 0 Å². The van der Waals surface area contributed by atoms with Gasteiger partial charge >= 0.3 is 6.18 Å². The van der Waals surface area contributed by atoms with Crippen molar-refractivity contribution in [3.63, 3.8) is 0 Å². The molecule has 0 saturated heterocycles. The van der Waals surface area contributed by atoms with E-state index in [4.69, 9.17) is 44.9 Å². The Balaban J connectivity index is 0.898. The average Bonchev–Trinajstić information content (AvgIpc) is 1.52. The third-order valence-electron chi connectivity index (χ3n) is 17.6. The molecule has 462 valence electrons. The molecule has 0 aliphatic heterocycles. The fourth-order valence-corrected chi connectivity index (χ4v) is 13.1. The zero-order valence-electron chi connectivity index (χ0n) is 51.8. The molecule has 5 heterocycles. The second-order valence-corrected chi connectivity index (χ2v) is 23.5. The highest BCUT2D eigenvalue weighted by molar-refractivity contribution is 6.12. The van der Waals surface area contributed by atoms with Gasteiger partial charge in [-0.2, -0.15) is 18.4 Å². The molecule has 12 nitrogen and oxygen atoms in total. The minimum atomic E-state index is -4.92. The molecule has 0 saturated carbocycles. The van der Waals surface area contributed by atoms with Crippen LogP contribution in [0.5, 0.6) is 0 Å². The van der Waals surface area contributed by atoms with Gasteiger partial charge in [0.05, 0.1) is 61.8 Å². The quantitative estimate of drug-likeness (QED) is 0.116. The molecule has 0 bridgehead atoms. The summed E-state index contributed by atoms with van der Waals surface area (Å²) in [5.74, 6) is 2.82. The lowest BCUT2D eigenvalue weighted by Gasteiger charge is -2.21. The number of hydrogen-bond acceptors (Lipinski definition) is 10. The zero-order chi connectivity index (χ0) is 65.8. The van der Waals surface area contributed by atoms with E-state index in [0.29, 0.717) is 85.0 Å². The molecule has 0 spiro atoms. The highest BCUT2D eigenvalue weighted by Gasteiger charge is 2.37. The molecule has 5 aromatic heterocycles. The minimum Gasteiger partial charge on any atom is -0.308 e. The number of nitriles is 1. The molecule has 15 heteroatoms. The normalized spacial score (nSPS) is 11.6. The molecule has 98 heavy (non-hydrogen) atoms. The maximum atomic E-state index is 16.5. The van der Waals surface area contributed by atoms with Gasteiger partial charge in [0, 0.05) is 66.1 Å². The predicted octanol–water partition coefficient (Wildman–Crippen LogP) is 20.0. The van der Waals surface area contributed by atoms with E-state index in [1.54, 1.807) is 18.2 Å². The van der Waals surface area contributed by atoms with E-state index in [2.05, 4.69) is 22.8 Å². The Morgan fingerprint density at radius 1 is 0.265 bits per heavy atom. The maximum absolute atomic E-state index is 16.5. The monoisotopic (exact) mass is 1270 g/mol. The van der Waals surface area contributed by atoms with E-state index in [0.717, 1.165) is 66.5 Å². The minimum absolute atomic E-state index is 0.0544. The Labute approximate surface area is 558 Å². The lowest BCUT2D eigenvalue weighted by molar-refractivity contribution is -0.137. The number of benzene rings is 12. The lowest BCUT2D eigenvalue weighted by atomic mass is 9.93. The van der Waals surface area contributed by atoms with Crippen molar-refractivity contribution in [3.8, 4) is 131 Å². The van der Waals surface area contributed by atoms with Crippen LogP contribution in [0, 0.1) is 11.3 Å². The Bertz CT molecular complexity index is 5880. The summed E-state index contributed by atoms with van der Waals surface area (Å²) in [5, 5.41) is 14.1. The van der Waals surface area contributed by atoms with Crippen molar-refractivity contribution in [1.82, 2.24) is 54.0 Å². The number of alkyl halides is 3. The first-order valence-electron chi connectivity index (χ1n) is 31.7. The lowest BCUT2D eigenvalue weighted by Crippen LogP contribution is -2.13. The summed E-state index contributed by atoms with van der Waals surface area (Å²) < 4.78 is 53.4. The van der Waals surface area contributed by atoms with Crippen molar-refractivity contribution in [1.29, 1.82) is 5.26 Å². The summed E-state index contributed by atoms with van der Waals surface area (Å²) in [4.78, 5) is 45.9. The summed E-state index contributed by atoms with van der Waals surface area (Å²) in [6, 6.07) is 95.3. The summed E-state index contributed by atoms with van der Waals surface area (Å²) in [7, 11) is 0. The first-order chi connectivity index (χ1) is 48.2. The van der Waals surface area contributed by atoms with Gasteiger partial charge in [0.15, 0.2) is 52.4 Å². The molecule has 12 aromatic carbocycles. The number of nitrogens with zero attached hydrogens (tertiary/aromatic N) is 12. The van der Waals surface area contributed by atoms with Crippen LogP contribution in [-0.4, -0.2) is 54.0 Å². The van der Waals surface area contributed by atoms with Crippen LogP contribution in [0.15, 0.2) is 297 Å². The topological polar surface area (TPSA) is 150 Å². The molecule has 0 N–H and O–H groups in total. The van der Waals surface area contributed by atoms with Crippen LogP contribution in [0.25, 0.3) is 169 Å². The fraction of sp³-hybridized carbons (Fsp3) is 0.0120. The fourth-order valence-electron chi connectivity index (χ4n) is 13.1. The van der Waals surface area contributed by atoms with Gasteiger partial charge in [0.2, 0.25) is 0 Å². The van der Waals surface area contributed by atoms with E-state index < -0.39 is 11.7 Å². The van der Waals surface area contributed by atoms with Gasteiger partial charge in [-0.15, -0.1) is 0 Å². The molecule has 0 radical (unpaired) electrons.